The molecule has 0 spiro atoms. The van der Waals surface area contributed by atoms with Crippen LogP contribution in [0.2, 0.25) is 0 Å². The Kier molecular flexibility index (Phi) is 6.71. The second-order valence-electron chi connectivity index (χ2n) is 6.96. The van der Waals surface area contributed by atoms with E-state index in [1.54, 1.807) is 32.0 Å². The van der Waals surface area contributed by atoms with Crippen LogP contribution in [-0.2, 0) is 12.8 Å². The van der Waals surface area contributed by atoms with E-state index in [9.17, 15) is 14.3 Å². The molecule has 0 aliphatic rings. The van der Waals surface area contributed by atoms with Crippen molar-refractivity contribution in [2.45, 2.75) is 45.1 Å². The number of aryl methyl sites for hydroxylation is 2. The molecule has 0 unspecified atom stereocenters. The Morgan fingerprint density at radius 2 is 1.88 bits per heavy atom. The van der Waals surface area contributed by atoms with Gasteiger partial charge in [-0.25, -0.2) is 4.39 Å². The molecule has 4 heteroatoms. The first kappa shape index (κ1) is 19.1. The Labute approximate surface area is 148 Å². The SMILES string of the molecule is CC(C)(O)CCc1cccc(C(=O)NCCCc2ccccc2F)c1. The largest absolute Gasteiger partial charge is 0.390 e. The number of aliphatic hydroxyl groups is 1. The van der Waals surface area contributed by atoms with Crippen LogP contribution in [0.5, 0.6) is 0 Å². The highest BCUT2D eigenvalue weighted by Gasteiger charge is 2.13. The van der Waals surface area contributed by atoms with Gasteiger partial charge in [-0.15, -0.1) is 0 Å². The Bertz CT molecular complexity index is 707. The fourth-order valence-electron chi connectivity index (χ4n) is 2.60. The summed E-state index contributed by atoms with van der Waals surface area (Å²) in [7, 11) is 0. The highest BCUT2D eigenvalue weighted by atomic mass is 19.1. The molecule has 0 fully saturated rings. The van der Waals surface area contributed by atoms with Gasteiger partial charge in [-0.05, 0) is 68.9 Å². The Morgan fingerprint density at radius 3 is 2.60 bits per heavy atom. The molecule has 1 amide bonds. The quantitative estimate of drug-likeness (QED) is 0.715. The van der Waals surface area contributed by atoms with Crippen molar-refractivity contribution >= 4 is 5.91 Å². The lowest BCUT2D eigenvalue weighted by Gasteiger charge is -2.16. The molecule has 0 aliphatic carbocycles. The maximum absolute atomic E-state index is 13.5. The van der Waals surface area contributed by atoms with Gasteiger partial charge in [0.05, 0.1) is 5.60 Å². The van der Waals surface area contributed by atoms with Crippen molar-refractivity contribution in [3.8, 4) is 0 Å². The van der Waals surface area contributed by atoms with E-state index in [-0.39, 0.29) is 11.7 Å². The normalized spacial score (nSPS) is 11.4. The third-order valence-electron chi connectivity index (χ3n) is 4.08. The molecule has 0 atom stereocenters. The van der Waals surface area contributed by atoms with Gasteiger partial charge in [0.25, 0.3) is 5.91 Å². The minimum atomic E-state index is -0.717. The molecule has 0 radical (unpaired) electrons. The van der Waals surface area contributed by atoms with Gasteiger partial charge in [-0.1, -0.05) is 30.3 Å². The van der Waals surface area contributed by atoms with Crippen LogP contribution < -0.4 is 5.32 Å². The van der Waals surface area contributed by atoms with E-state index in [0.717, 1.165) is 12.0 Å². The molecule has 0 aliphatic heterocycles. The molecule has 3 nitrogen and oxygen atoms in total. The van der Waals surface area contributed by atoms with Crippen LogP contribution >= 0.6 is 0 Å². The Balaban J connectivity index is 1.81. The summed E-state index contributed by atoms with van der Waals surface area (Å²) in [6.07, 6.45) is 2.64. The summed E-state index contributed by atoms with van der Waals surface area (Å²) in [4.78, 5) is 12.2. The van der Waals surface area contributed by atoms with Crippen molar-refractivity contribution in [2.75, 3.05) is 6.54 Å². The first-order valence-corrected chi connectivity index (χ1v) is 8.68. The molecule has 2 aromatic carbocycles. The van der Waals surface area contributed by atoms with Crippen LogP contribution in [0.15, 0.2) is 48.5 Å². The number of carbonyl (C=O) groups excluding carboxylic acids is 1. The fraction of sp³-hybridized carbons (Fsp3) is 0.381. The van der Waals surface area contributed by atoms with Gasteiger partial charge in [-0.3, -0.25) is 4.79 Å². The van der Waals surface area contributed by atoms with Crippen LogP contribution in [0.25, 0.3) is 0 Å². The fourth-order valence-corrected chi connectivity index (χ4v) is 2.60. The molecule has 2 rings (SSSR count). The lowest BCUT2D eigenvalue weighted by Crippen LogP contribution is -2.25. The van der Waals surface area contributed by atoms with Gasteiger partial charge in [0.1, 0.15) is 5.82 Å². The number of halogens is 1. The van der Waals surface area contributed by atoms with Crippen LogP contribution in [0, 0.1) is 5.82 Å². The molecule has 0 bridgehead atoms. The minimum Gasteiger partial charge on any atom is -0.390 e. The van der Waals surface area contributed by atoms with Crippen molar-refractivity contribution in [2.24, 2.45) is 0 Å². The predicted molar refractivity (Wildman–Crippen MR) is 98.1 cm³/mol. The van der Waals surface area contributed by atoms with Gasteiger partial charge in [0.2, 0.25) is 0 Å². The lowest BCUT2D eigenvalue weighted by molar-refractivity contribution is 0.0714. The average Bonchev–Trinajstić information content (AvgIpc) is 2.58. The van der Waals surface area contributed by atoms with E-state index in [2.05, 4.69) is 5.32 Å². The summed E-state index contributed by atoms with van der Waals surface area (Å²) in [5, 5.41) is 12.7. The van der Waals surface area contributed by atoms with Crippen molar-refractivity contribution < 1.29 is 14.3 Å². The smallest absolute Gasteiger partial charge is 0.251 e. The average molecular weight is 343 g/mol. The highest BCUT2D eigenvalue weighted by molar-refractivity contribution is 5.94. The highest BCUT2D eigenvalue weighted by Crippen LogP contribution is 2.14. The van der Waals surface area contributed by atoms with Crippen molar-refractivity contribution in [3.05, 3.63) is 71.0 Å². The predicted octanol–water partition coefficient (Wildman–Crippen LogP) is 3.89. The Hall–Kier alpha value is -2.20. The number of nitrogens with one attached hydrogen (secondary N) is 1. The summed E-state index contributed by atoms with van der Waals surface area (Å²) < 4.78 is 13.5. The standard InChI is InChI=1S/C21H26FNO2/c1-21(2,25)13-12-16-7-5-9-18(15-16)20(24)23-14-6-10-17-8-3-4-11-19(17)22/h3-5,7-9,11,15,25H,6,10,12-14H2,1-2H3,(H,23,24). The molecule has 0 aromatic heterocycles. The maximum Gasteiger partial charge on any atom is 0.251 e. The van der Waals surface area contributed by atoms with E-state index in [0.29, 0.717) is 36.9 Å². The molecule has 2 aromatic rings. The number of carbonyl (C=O) groups is 1. The van der Waals surface area contributed by atoms with Crippen LogP contribution in [0.1, 0.15) is 48.2 Å². The first-order valence-electron chi connectivity index (χ1n) is 8.68. The molecule has 25 heavy (non-hydrogen) atoms. The molecule has 2 N–H and O–H groups in total. The number of hydrogen-bond donors (Lipinski definition) is 2. The number of benzene rings is 2. The van der Waals surface area contributed by atoms with Crippen LogP contribution in [0.4, 0.5) is 4.39 Å². The van der Waals surface area contributed by atoms with Gasteiger partial charge >= 0.3 is 0 Å². The van der Waals surface area contributed by atoms with Crippen molar-refractivity contribution in [3.63, 3.8) is 0 Å². The van der Waals surface area contributed by atoms with E-state index >= 15 is 0 Å². The third-order valence-corrected chi connectivity index (χ3v) is 4.08. The van der Waals surface area contributed by atoms with Gasteiger partial charge in [0.15, 0.2) is 0 Å². The van der Waals surface area contributed by atoms with E-state index in [1.807, 2.05) is 24.3 Å². The molecule has 0 heterocycles. The number of hydrogen-bond acceptors (Lipinski definition) is 2. The summed E-state index contributed by atoms with van der Waals surface area (Å²) in [5.74, 6) is -0.327. The van der Waals surface area contributed by atoms with Crippen molar-refractivity contribution in [1.82, 2.24) is 5.32 Å². The van der Waals surface area contributed by atoms with E-state index < -0.39 is 5.60 Å². The second kappa shape index (κ2) is 8.77. The second-order valence-corrected chi connectivity index (χ2v) is 6.96. The maximum atomic E-state index is 13.5. The molecular weight excluding hydrogens is 317 g/mol. The zero-order valence-electron chi connectivity index (χ0n) is 14.9. The monoisotopic (exact) mass is 343 g/mol. The molecule has 134 valence electrons. The summed E-state index contributed by atoms with van der Waals surface area (Å²) in [5.41, 5.74) is 1.59. The molecular formula is C21H26FNO2. The van der Waals surface area contributed by atoms with Gasteiger partial charge in [0, 0.05) is 12.1 Å². The van der Waals surface area contributed by atoms with Crippen LogP contribution in [-0.4, -0.2) is 23.2 Å². The zero-order valence-corrected chi connectivity index (χ0v) is 14.9. The summed E-state index contributed by atoms with van der Waals surface area (Å²) in [6, 6.07) is 14.2. The topological polar surface area (TPSA) is 49.3 Å². The number of rotatable bonds is 8. The van der Waals surface area contributed by atoms with E-state index in [4.69, 9.17) is 0 Å². The minimum absolute atomic E-state index is 0.126. The zero-order chi connectivity index (χ0) is 18.3. The van der Waals surface area contributed by atoms with Crippen LogP contribution in [0.3, 0.4) is 0 Å². The first-order chi connectivity index (χ1) is 11.8. The lowest BCUT2D eigenvalue weighted by atomic mass is 9.98. The van der Waals surface area contributed by atoms with Gasteiger partial charge in [-0.2, -0.15) is 0 Å². The molecule has 0 saturated heterocycles. The Morgan fingerprint density at radius 1 is 1.12 bits per heavy atom. The summed E-state index contributed by atoms with van der Waals surface area (Å²) >= 11 is 0. The van der Waals surface area contributed by atoms with Gasteiger partial charge < -0.3 is 10.4 Å². The summed E-state index contributed by atoms with van der Waals surface area (Å²) in [6.45, 7) is 4.05. The number of amides is 1. The van der Waals surface area contributed by atoms with E-state index in [1.165, 1.54) is 6.07 Å². The molecule has 0 saturated carbocycles. The van der Waals surface area contributed by atoms with Crippen molar-refractivity contribution in [1.29, 1.82) is 0 Å². The third kappa shape index (κ3) is 6.67.